The van der Waals surface area contributed by atoms with E-state index in [2.05, 4.69) is 9.97 Å². The number of benzene rings is 2. The zero-order chi connectivity index (χ0) is 21.5. The molecule has 2 aromatic carbocycles. The molecule has 9 heteroatoms. The van der Waals surface area contributed by atoms with Crippen LogP contribution in [0, 0.1) is 11.2 Å². The van der Waals surface area contributed by atoms with E-state index in [1.54, 1.807) is 12.1 Å². The number of aryl methyl sites for hydroxylation is 1. The lowest BCUT2D eigenvalue weighted by Gasteiger charge is -2.12. The van der Waals surface area contributed by atoms with Crippen LogP contribution in [0.4, 0.5) is 4.39 Å². The molecule has 3 heterocycles. The van der Waals surface area contributed by atoms with Crippen LogP contribution in [0.1, 0.15) is 30.1 Å². The Hall–Kier alpha value is -3.46. The summed E-state index contributed by atoms with van der Waals surface area (Å²) in [5.41, 5.74) is 9.05. The number of aromatic nitrogens is 4. The highest BCUT2D eigenvalue weighted by Crippen LogP contribution is 2.29. The number of hydrogen-bond acceptors (Lipinski definition) is 5. The number of nitrogens with two attached hydrogens (primary N) is 1. The van der Waals surface area contributed by atoms with Crippen molar-refractivity contribution in [2.24, 2.45) is 12.8 Å². The van der Waals surface area contributed by atoms with E-state index in [1.807, 2.05) is 17.7 Å². The van der Waals surface area contributed by atoms with Gasteiger partial charge in [0.25, 0.3) is 0 Å². The quantitative estimate of drug-likeness (QED) is 0.326. The highest BCUT2D eigenvalue weighted by molar-refractivity contribution is 5.97. The van der Waals surface area contributed by atoms with Gasteiger partial charge in [-0.05, 0) is 31.0 Å². The molecule has 31 heavy (non-hydrogen) atoms. The molecule has 160 valence electrons. The number of aromatic amines is 1. The van der Waals surface area contributed by atoms with E-state index in [9.17, 15) is 4.39 Å². The summed E-state index contributed by atoms with van der Waals surface area (Å²) in [7, 11) is 1.85. The number of amidine groups is 1. The molecular formula is C22H23FN6O2. The molecule has 1 aliphatic rings. The van der Waals surface area contributed by atoms with Crippen molar-refractivity contribution in [3.05, 3.63) is 53.4 Å². The molecule has 0 saturated carbocycles. The number of H-pyrrole nitrogens is 1. The van der Waals surface area contributed by atoms with Gasteiger partial charge in [-0.15, -0.1) is 0 Å². The molecule has 0 radical (unpaired) electrons. The van der Waals surface area contributed by atoms with Crippen LogP contribution in [0.25, 0.3) is 22.1 Å². The lowest BCUT2D eigenvalue weighted by molar-refractivity contribution is 0.0683. The predicted octanol–water partition coefficient (Wildman–Crippen LogP) is 3.02. The van der Waals surface area contributed by atoms with Gasteiger partial charge in [0.1, 0.15) is 41.2 Å². The minimum absolute atomic E-state index is 0.000592. The SMILES string of the molecule is Cn1c(Cc2nc3cc(C(=N)N)ccc3[nH]2)nc2c(OCC3CCCO3)cc(F)cc21. The van der Waals surface area contributed by atoms with Gasteiger partial charge < -0.3 is 24.8 Å². The van der Waals surface area contributed by atoms with Crippen LogP contribution in [0.15, 0.2) is 30.3 Å². The van der Waals surface area contributed by atoms with E-state index in [-0.39, 0.29) is 17.8 Å². The third kappa shape index (κ3) is 3.72. The second-order valence-corrected chi connectivity index (χ2v) is 7.81. The van der Waals surface area contributed by atoms with Gasteiger partial charge in [0, 0.05) is 31.4 Å². The van der Waals surface area contributed by atoms with Crippen LogP contribution in [-0.4, -0.2) is 44.7 Å². The van der Waals surface area contributed by atoms with Crippen molar-refractivity contribution in [3.8, 4) is 5.75 Å². The third-order valence-corrected chi connectivity index (χ3v) is 5.63. The van der Waals surface area contributed by atoms with Crippen LogP contribution in [0.5, 0.6) is 5.75 Å². The average Bonchev–Trinajstić information content (AvgIpc) is 3.46. The van der Waals surface area contributed by atoms with E-state index >= 15 is 0 Å². The van der Waals surface area contributed by atoms with Crippen molar-refractivity contribution in [1.82, 2.24) is 19.5 Å². The Kier molecular flexibility index (Phi) is 4.82. The smallest absolute Gasteiger partial charge is 0.150 e. The van der Waals surface area contributed by atoms with E-state index in [0.717, 1.165) is 42.1 Å². The molecule has 1 unspecified atom stereocenters. The van der Waals surface area contributed by atoms with Gasteiger partial charge in [-0.25, -0.2) is 14.4 Å². The highest BCUT2D eigenvalue weighted by atomic mass is 19.1. The number of nitrogen functional groups attached to an aromatic ring is 1. The molecule has 0 amide bonds. The highest BCUT2D eigenvalue weighted by Gasteiger charge is 2.20. The standard InChI is InChI=1S/C22H23FN6O2/c1-29-17-8-13(23)9-18(31-11-14-3-2-6-30-14)21(17)28-20(29)10-19-26-15-5-4-12(22(24)25)7-16(15)27-19/h4-5,7-9,14H,2-3,6,10-11H2,1H3,(H3,24,25)(H,26,27). The average molecular weight is 422 g/mol. The molecule has 4 N–H and O–H groups in total. The van der Waals surface area contributed by atoms with E-state index in [0.29, 0.717) is 35.4 Å². The molecule has 1 saturated heterocycles. The number of hydrogen-bond donors (Lipinski definition) is 3. The van der Waals surface area contributed by atoms with Crippen LogP contribution in [-0.2, 0) is 18.2 Å². The summed E-state index contributed by atoms with van der Waals surface area (Å²) in [6.45, 7) is 1.12. The number of halogens is 1. The monoisotopic (exact) mass is 422 g/mol. The Bertz CT molecular complexity index is 1290. The molecule has 8 nitrogen and oxygen atoms in total. The molecule has 1 aliphatic heterocycles. The van der Waals surface area contributed by atoms with Crippen LogP contribution in [0.3, 0.4) is 0 Å². The minimum atomic E-state index is -0.370. The minimum Gasteiger partial charge on any atom is -0.488 e. The molecule has 5 rings (SSSR count). The third-order valence-electron chi connectivity index (χ3n) is 5.63. The van der Waals surface area contributed by atoms with Gasteiger partial charge in [-0.1, -0.05) is 0 Å². The fourth-order valence-corrected chi connectivity index (χ4v) is 3.96. The second kappa shape index (κ2) is 7.66. The van der Waals surface area contributed by atoms with Gasteiger partial charge >= 0.3 is 0 Å². The van der Waals surface area contributed by atoms with Crippen molar-refractivity contribution >= 4 is 27.9 Å². The van der Waals surface area contributed by atoms with Crippen molar-refractivity contribution in [2.75, 3.05) is 13.2 Å². The maximum atomic E-state index is 14.3. The fraction of sp³-hybridized carbons (Fsp3) is 0.318. The van der Waals surface area contributed by atoms with Crippen molar-refractivity contribution in [2.45, 2.75) is 25.4 Å². The zero-order valence-corrected chi connectivity index (χ0v) is 17.1. The molecule has 0 bridgehead atoms. The number of nitrogens with zero attached hydrogens (tertiary/aromatic N) is 3. The van der Waals surface area contributed by atoms with Crippen LogP contribution < -0.4 is 10.5 Å². The number of fused-ring (bicyclic) bond motifs is 2. The molecular weight excluding hydrogens is 399 g/mol. The van der Waals surface area contributed by atoms with E-state index in [4.69, 9.17) is 25.6 Å². The first-order chi connectivity index (χ1) is 15.0. The molecule has 1 atom stereocenters. The van der Waals surface area contributed by atoms with Crippen molar-refractivity contribution in [3.63, 3.8) is 0 Å². The van der Waals surface area contributed by atoms with Crippen LogP contribution >= 0.6 is 0 Å². The summed E-state index contributed by atoms with van der Waals surface area (Å²) in [4.78, 5) is 12.6. The largest absolute Gasteiger partial charge is 0.488 e. The Morgan fingerprint density at radius 1 is 1.35 bits per heavy atom. The summed E-state index contributed by atoms with van der Waals surface area (Å²) in [6.07, 6.45) is 2.44. The van der Waals surface area contributed by atoms with Gasteiger partial charge in [0.15, 0.2) is 0 Å². The normalized spacial score (nSPS) is 16.4. The number of ether oxygens (including phenoxy) is 2. The van der Waals surface area contributed by atoms with E-state index in [1.165, 1.54) is 12.1 Å². The summed E-state index contributed by atoms with van der Waals surface area (Å²) in [6, 6.07) is 8.24. The van der Waals surface area contributed by atoms with Crippen LogP contribution in [0.2, 0.25) is 0 Å². The van der Waals surface area contributed by atoms with Crippen molar-refractivity contribution in [1.29, 1.82) is 5.41 Å². The second-order valence-electron chi connectivity index (χ2n) is 7.81. The zero-order valence-electron chi connectivity index (χ0n) is 17.1. The van der Waals surface area contributed by atoms with Gasteiger partial charge in [0.05, 0.1) is 29.1 Å². The van der Waals surface area contributed by atoms with Gasteiger partial charge in [-0.2, -0.15) is 0 Å². The summed E-state index contributed by atoms with van der Waals surface area (Å²) >= 11 is 0. The number of nitrogens with one attached hydrogen (secondary N) is 2. The fourth-order valence-electron chi connectivity index (χ4n) is 3.96. The number of imidazole rings is 2. The Balaban J connectivity index is 1.45. The Morgan fingerprint density at radius 3 is 3.00 bits per heavy atom. The molecule has 0 spiro atoms. The lowest BCUT2D eigenvalue weighted by atomic mass is 10.2. The first-order valence-electron chi connectivity index (χ1n) is 10.2. The number of rotatable bonds is 6. The topological polar surface area (TPSA) is 115 Å². The maximum Gasteiger partial charge on any atom is 0.150 e. The maximum absolute atomic E-state index is 14.3. The summed E-state index contributed by atoms with van der Waals surface area (Å²) in [5.74, 6) is 1.50. The van der Waals surface area contributed by atoms with Gasteiger partial charge in [-0.3, -0.25) is 5.41 Å². The predicted molar refractivity (Wildman–Crippen MR) is 115 cm³/mol. The molecule has 2 aromatic heterocycles. The summed E-state index contributed by atoms with van der Waals surface area (Å²) < 4.78 is 27.6. The van der Waals surface area contributed by atoms with Crippen molar-refractivity contribution < 1.29 is 13.9 Å². The first-order valence-corrected chi connectivity index (χ1v) is 10.2. The Labute approximate surface area is 177 Å². The summed E-state index contributed by atoms with van der Waals surface area (Å²) in [5, 5.41) is 7.59. The van der Waals surface area contributed by atoms with Gasteiger partial charge in [0.2, 0.25) is 0 Å². The molecule has 4 aromatic rings. The van der Waals surface area contributed by atoms with E-state index < -0.39 is 0 Å². The molecule has 1 fully saturated rings. The first kappa shape index (κ1) is 19.5. The Morgan fingerprint density at radius 2 is 2.23 bits per heavy atom. The lowest BCUT2D eigenvalue weighted by Crippen LogP contribution is -2.16. The molecule has 0 aliphatic carbocycles.